The fourth-order valence-electron chi connectivity index (χ4n) is 5.29. The van der Waals surface area contributed by atoms with Gasteiger partial charge < -0.3 is 29.5 Å². The van der Waals surface area contributed by atoms with E-state index in [9.17, 15) is 24.3 Å². The molecule has 3 amide bonds. The van der Waals surface area contributed by atoms with E-state index in [4.69, 9.17) is 14.2 Å². The zero-order chi connectivity index (χ0) is 28.2. The number of fused-ring (bicyclic) bond motifs is 3. The third-order valence-corrected chi connectivity index (χ3v) is 7.45. The van der Waals surface area contributed by atoms with Crippen LogP contribution in [0.1, 0.15) is 70.4 Å². The zero-order valence-electron chi connectivity index (χ0n) is 22.9. The third kappa shape index (κ3) is 6.93. The molecule has 0 radical (unpaired) electrons. The molecule has 4 bridgehead atoms. The van der Waals surface area contributed by atoms with Crippen LogP contribution in [0.5, 0.6) is 5.75 Å². The van der Waals surface area contributed by atoms with Crippen LogP contribution >= 0.6 is 0 Å². The second-order valence-electron chi connectivity index (χ2n) is 11.5. The first-order valence-corrected chi connectivity index (χ1v) is 13.7. The van der Waals surface area contributed by atoms with E-state index < -0.39 is 47.7 Å². The summed E-state index contributed by atoms with van der Waals surface area (Å²) in [4.78, 5) is 54.0. The van der Waals surface area contributed by atoms with Crippen LogP contribution in [-0.2, 0) is 32.2 Å². The Balaban J connectivity index is 1.54. The largest absolute Gasteiger partial charge is 0.493 e. The molecule has 11 heteroatoms. The Labute approximate surface area is 228 Å². The van der Waals surface area contributed by atoms with Crippen molar-refractivity contribution in [2.45, 2.75) is 90.6 Å². The number of aliphatic carboxylic acids is 1. The van der Waals surface area contributed by atoms with E-state index in [0.29, 0.717) is 26.1 Å². The van der Waals surface area contributed by atoms with Gasteiger partial charge in [-0.1, -0.05) is 52.2 Å². The molecular weight excluding hydrogens is 506 g/mol. The van der Waals surface area contributed by atoms with Gasteiger partial charge in [0.25, 0.3) is 0 Å². The summed E-state index contributed by atoms with van der Waals surface area (Å²) >= 11 is 0. The van der Waals surface area contributed by atoms with Crippen LogP contribution in [0.15, 0.2) is 18.2 Å². The van der Waals surface area contributed by atoms with E-state index in [1.165, 1.54) is 4.90 Å². The van der Waals surface area contributed by atoms with Crippen molar-refractivity contribution in [2.24, 2.45) is 5.41 Å². The number of nitrogens with one attached hydrogen (secondary N) is 1. The van der Waals surface area contributed by atoms with Crippen LogP contribution in [0.25, 0.3) is 0 Å². The van der Waals surface area contributed by atoms with Crippen molar-refractivity contribution in [3.8, 4) is 5.75 Å². The molecule has 1 fully saturated rings. The number of alkyl carbamates (subject to hydrolysis) is 1. The average Bonchev–Trinajstić information content (AvgIpc) is 3.50. The molecule has 0 aromatic heterocycles. The number of benzene rings is 1. The smallest absolute Gasteiger partial charge is 0.410 e. The molecule has 2 N–H and O–H groups in total. The lowest BCUT2D eigenvalue weighted by molar-refractivity contribution is -0.150. The quantitative estimate of drug-likeness (QED) is 0.546. The summed E-state index contributed by atoms with van der Waals surface area (Å²) in [5.74, 6) is -0.998. The Bertz CT molecular complexity index is 1090. The number of carboxylic acids is 1. The Morgan fingerprint density at radius 1 is 1.00 bits per heavy atom. The molecule has 1 aromatic rings. The van der Waals surface area contributed by atoms with Gasteiger partial charge in [0.1, 0.15) is 23.9 Å². The van der Waals surface area contributed by atoms with E-state index in [1.807, 2.05) is 18.2 Å². The SMILES string of the molecule is CC(C)(C)[C@@H]1NC(=O)OCCCCCCCOc2cccc3c2CN(C3)C(=O)O[C@@H]2CC(C(=O)O)N(C2)C1=O. The van der Waals surface area contributed by atoms with Gasteiger partial charge in [-0.2, -0.15) is 0 Å². The molecule has 3 aliphatic heterocycles. The molecule has 214 valence electrons. The summed E-state index contributed by atoms with van der Waals surface area (Å²) in [6.07, 6.45) is 2.29. The fraction of sp³-hybridized carbons (Fsp3) is 0.643. The minimum absolute atomic E-state index is 0.0384. The van der Waals surface area contributed by atoms with Gasteiger partial charge in [-0.3, -0.25) is 9.69 Å². The monoisotopic (exact) mass is 545 g/mol. The first-order valence-electron chi connectivity index (χ1n) is 13.7. The van der Waals surface area contributed by atoms with Crippen molar-refractivity contribution in [1.82, 2.24) is 15.1 Å². The molecule has 4 rings (SSSR count). The van der Waals surface area contributed by atoms with Gasteiger partial charge in [-0.15, -0.1) is 0 Å². The van der Waals surface area contributed by atoms with Gasteiger partial charge in [0.15, 0.2) is 0 Å². The summed E-state index contributed by atoms with van der Waals surface area (Å²) < 4.78 is 17.1. The van der Waals surface area contributed by atoms with E-state index in [0.717, 1.165) is 42.6 Å². The van der Waals surface area contributed by atoms with E-state index in [1.54, 1.807) is 25.7 Å². The van der Waals surface area contributed by atoms with Crippen molar-refractivity contribution < 1.29 is 38.5 Å². The van der Waals surface area contributed by atoms with E-state index in [-0.39, 0.29) is 19.6 Å². The number of ether oxygens (including phenoxy) is 3. The predicted molar refractivity (Wildman–Crippen MR) is 140 cm³/mol. The predicted octanol–water partition coefficient (Wildman–Crippen LogP) is 3.68. The lowest BCUT2D eigenvalue weighted by Crippen LogP contribution is -2.57. The standard InChI is InChI=1S/C28H39N3O8/c1-28(2,3)23-24(32)31-16-19(14-21(31)25(33)34)39-27(36)30-15-18-10-9-11-22(20(18)17-30)37-12-7-5-4-6-8-13-38-26(35)29-23/h9-11,19,21,23H,4-8,12-17H2,1-3H3,(H,29,35)(H,33,34)/t19-,21?,23-/m1/s1. The van der Waals surface area contributed by atoms with Crippen LogP contribution in [0.2, 0.25) is 0 Å². The molecule has 1 aromatic carbocycles. The van der Waals surface area contributed by atoms with Gasteiger partial charge in [0, 0.05) is 18.5 Å². The van der Waals surface area contributed by atoms with Gasteiger partial charge in [-0.25, -0.2) is 14.4 Å². The average molecular weight is 546 g/mol. The molecule has 3 atom stereocenters. The molecular formula is C28H39N3O8. The Morgan fingerprint density at radius 3 is 2.38 bits per heavy atom. The van der Waals surface area contributed by atoms with Crippen LogP contribution in [0, 0.1) is 5.41 Å². The van der Waals surface area contributed by atoms with E-state index >= 15 is 0 Å². The number of nitrogens with zero attached hydrogens (tertiary/aromatic N) is 2. The Morgan fingerprint density at radius 2 is 1.69 bits per heavy atom. The van der Waals surface area contributed by atoms with Gasteiger partial charge in [-0.05, 0) is 29.9 Å². The van der Waals surface area contributed by atoms with Crippen molar-refractivity contribution >= 4 is 24.1 Å². The van der Waals surface area contributed by atoms with Gasteiger partial charge >= 0.3 is 18.2 Å². The second-order valence-corrected chi connectivity index (χ2v) is 11.5. The maximum Gasteiger partial charge on any atom is 0.410 e. The molecule has 0 aliphatic carbocycles. The highest BCUT2D eigenvalue weighted by Crippen LogP contribution is 2.33. The van der Waals surface area contributed by atoms with Crippen LogP contribution in [-0.4, -0.2) is 76.9 Å². The fourth-order valence-corrected chi connectivity index (χ4v) is 5.29. The molecule has 1 saturated heterocycles. The molecule has 11 nitrogen and oxygen atoms in total. The third-order valence-electron chi connectivity index (χ3n) is 7.45. The second kappa shape index (κ2) is 12.1. The van der Waals surface area contributed by atoms with Crippen molar-refractivity contribution in [3.63, 3.8) is 0 Å². The summed E-state index contributed by atoms with van der Waals surface area (Å²) in [5, 5.41) is 12.5. The van der Waals surface area contributed by atoms with Crippen LogP contribution < -0.4 is 10.1 Å². The van der Waals surface area contributed by atoms with E-state index in [2.05, 4.69) is 5.32 Å². The first kappa shape index (κ1) is 28.5. The van der Waals surface area contributed by atoms with Crippen LogP contribution in [0.4, 0.5) is 9.59 Å². The lowest BCUT2D eigenvalue weighted by atomic mass is 9.85. The van der Waals surface area contributed by atoms with Crippen molar-refractivity contribution in [1.29, 1.82) is 0 Å². The minimum Gasteiger partial charge on any atom is -0.493 e. The maximum absolute atomic E-state index is 13.6. The number of rotatable bonds is 1. The first-order chi connectivity index (χ1) is 18.5. The Kier molecular flexibility index (Phi) is 8.87. The number of cyclic esters (lactones) is 1. The zero-order valence-corrected chi connectivity index (χ0v) is 22.9. The molecule has 0 spiro atoms. The van der Waals surface area contributed by atoms with Crippen molar-refractivity contribution in [3.05, 3.63) is 29.3 Å². The number of hydrogen-bond acceptors (Lipinski definition) is 7. The molecule has 3 heterocycles. The van der Waals surface area contributed by atoms with Crippen LogP contribution in [0.3, 0.4) is 0 Å². The number of carboxylic acid groups (broad SMARTS) is 1. The molecule has 1 unspecified atom stereocenters. The summed E-state index contributed by atoms with van der Waals surface area (Å²) in [7, 11) is 0. The molecule has 3 aliphatic rings. The number of carbonyl (C=O) groups is 4. The lowest BCUT2D eigenvalue weighted by Gasteiger charge is -2.34. The van der Waals surface area contributed by atoms with Gasteiger partial charge in [0.2, 0.25) is 5.91 Å². The normalized spacial score (nSPS) is 25.5. The topological polar surface area (TPSA) is 135 Å². The highest BCUT2D eigenvalue weighted by Gasteiger charge is 2.46. The Hall–Kier alpha value is -3.50. The highest BCUT2D eigenvalue weighted by atomic mass is 16.6. The maximum atomic E-state index is 13.6. The summed E-state index contributed by atoms with van der Waals surface area (Å²) in [5.41, 5.74) is 1.21. The highest BCUT2D eigenvalue weighted by molar-refractivity contribution is 5.90. The summed E-state index contributed by atoms with van der Waals surface area (Å²) in [6.45, 7) is 6.75. The number of carbonyl (C=O) groups excluding carboxylic acids is 3. The molecule has 0 saturated carbocycles. The molecule has 39 heavy (non-hydrogen) atoms. The van der Waals surface area contributed by atoms with Gasteiger partial charge in [0.05, 0.1) is 26.3 Å². The number of hydrogen-bond donors (Lipinski definition) is 2. The number of amides is 3. The summed E-state index contributed by atoms with van der Waals surface area (Å²) in [6, 6.07) is 3.55. The minimum atomic E-state index is -1.20. The van der Waals surface area contributed by atoms with Crippen molar-refractivity contribution in [2.75, 3.05) is 19.8 Å².